The first-order valence-electron chi connectivity index (χ1n) is 11.6. The SMILES string of the molecule is CN(C)c1ccc(C(CNC(=O)Nc2ccc(F)cc2)N2CCN(c3ccccc3)CC2)cc1. The molecule has 6 nitrogen and oxygen atoms in total. The van der Waals surface area contributed by atoms with Gasteiger partial charge in [-0.1, -0.05) is 30.3 Å². The Morgan fingerprint density at radius 2 is 1.56 bits per heavy atom. The summed E-state index contributed by atoms with van der Waals surface area (Å²) in [5, 5.41) is 5.79. The van der Waals surface area contributed by atoms with Gasteiger partial charge in [0.2, 0.25) is 0 Å². The number of nitrogens with zero attached hydrogens (tertiary/aromatic N) is 3. The summed E-state index contributed by atoms with van der Waals surface area (Å²) >= 11 is 0. The summed E-state index contributed by atoms with van der Waals surface area (Å²) < 4.78 is 13.1. The molecular formula is C27H32FN5O. The van der Waals surface area contributed by atoms with Gasteiger partial charge in [0.15, 0.2) is 0 Å². The van der Waals surface area contributed by atoms with E-state index in [1.165, 1.54) is 23.4 Å². The lowest BCUT2D eigenvalue weighted by Crippen LogP contribution is -2.50. The Bertz CT molecular complexity index is 1050. The summed E-state index contributed by atoms with van der Waals surface area (Å²) in [5.74, 6) is -0.332. The van der Waals surface area contributed by atoms with Crippen LogP contribution in [-0.2, 0) is 0 Å². The van der Waals surface area contributed by atoms with Crippen molar-refractivity contribution in [1.82, 2.24) is 10.2 Å². The molecule has 34 heavy (non-hydrogen) atoms. The molecule has 178 valence electrons. The molecule has 7 heteroatoms. The number of carbonyl (C=O) groups is 1. The Morgan fingerprint density at radius 3 is 2.18 bits per heavy atom. The van der Waals surface area contributed by atoms with Crippen molar-refractivity contribution in [3.05, 3.63) is 90.2 Å². The van der Waals surface area contributed by atoms with Crippen LogP contribution in [0.5, 0.6) is 0 Å². The van der Waals surface area contributed by atoms with Gasteiger partial charge in [-0.2, -0.15) is 0 Å². The van der Waals surface area contributed by atoms with Gasteiger partial charge in [-0.05, 0) is 54.1 Å². The fraction of sp³-hybridized carbons (Fsp3) is 0.296. The fourth-order valence-electron chi connectivity index (χ4n) is 4.28. The number of benzene rings is 3. The largest absolute Gasteiger partial charge is 0.378 e. The van der Waals surface area contributed by atoms with Crippen LogP contribution in [0.15, 0.2) is 78.9 Å². The molecule has 0 aliphatic carbocycles. The van der Waals surface area contributed by atoms with E-state index < -0.39 is 0 Å². The molecule has 2 amide bonds. The molecule has 1 heterocycles. The molecule has 1 aliphatic rings. The van der Waals surface area contributed by atoms with Crippen LogP contribution < -0.4 is 20.4 Å². The quantitative estimate of drug-likeness (QED) is 0.541. The average Bonchev–Trinajstić information content (AvgIpc) is 2.87. The minimum absolute atomic E-state index is 0.0492. The Morgan fingerprint density at radius 1 is 0.912 bits per heavy atom. The van der Waals surface area contributed by atoms with E-state index in [9.17, 15) is 9.18 Å². The molecular weight excluding hydrogens is 429 g/mol. The predicted molar refractivity (Wildman–Crippen MR) is 137 cm³/mol. The molecule has 0 saturated carbocycles. The van der Waals surface area contributed by atoms with Gasteiger partial charge in [0, 0.05) is 63.9 Å². The molecule has 1 aliphatic heterocycles. The lowest BCUT2D eigenvalue weighted by Gasteiger charge is -2.40. The summed E-state index contributed by atoms with van der Waals surface area (Å²) in [6.45, 7) is 4.13. The van der Waals surface area contributed by atoms with Crippen molar-refractivity contribution in [2.24, 2.45) is 0 Å². The maximum absolute atomic E-state index is 13.1. The summed E-state index contributed by atoms with van der Waals surface area (Å²) in [6, 6.07) is 24.5. The smallest absolute Gasteiger partial charge is 0.319 e. The van der Waals surface area contributed by atoms with Crippen molar-refractivity contribution >= 4 is 23.1 Å². The number of hydrogen-bond donors (Lipinski definition) is 2. The molecule has 3 aromatic carbocycles. The number of para-hydroxylation sites is 1. The van der Waals surface area contributed by atoms with E-state index in [1.807, 2.05) is 20.2 Å². The van der Waals surface area contributed by atoms with Crippen molar-refractivity contribution in [3.63, 3.8) is 0 Å². The number of nitrogens with one attached hydrogen (secondary N) is 2. The topological polar surface area (TPSA) is 50.9 Å². The van der Waals surface area contributed by atoms with Gasteiger partial charge in [-0.3, -0.25) is 4.90 Å². The normalized spacial score (nSPS) is 15.0. The van der Waals surface area contributed by atoms with Crippen LogP contribution in [0.3, 0.4) is 0 Å². The Labute approximate surface area is 201 Å². The molecule has 3 aromatic rings. The number of hydrogen-bond acceptors (Lipinski definition) is 4. The van der Waals surface area contributed by atoms with Gasteiger partial charge in [0.1, 0.15) is 5.82 Å². The number of halogens is 1. The van der Waals surface area contributed by atoms with Crippen LogP contribution >= 0.6 is 0 Å². The highest BCUT2D eigenvalue weighted by atomic mass is 19.1. The van der Waals surface area contributed by atoms with E-state index in [-0.39, 0.29) is 17.9 Å². The number of amides is 2. The zero-order valence-corrected chi connectivity index (χ0v) is 19.7. The van der Waals surface area contributed by atoms with Crippen LogP contribution in [0.2, 0.25) is 0 Å². The van der Waals surface area contributed by atoms with E-state index in [1.54, 1.807) is 12.1 Å². The van der Waals surface area contributed by atoms with Crippen LogP contribution in [0, 0.1) is 5.82 Å². The molecule has 4 rings (SSSR count). The van der Waals surface area contributed by atoms with Crippen LogP contribution in [0.4, 0.5) is 26.2 Å². The highest BCUT2D eigenvalue weighted by molar-refractivity contribution is 5.89. The van der Waals surface area contributed by atoms with Crippen LogP contribution in [0.1, 0.15) is 11.6 Å². The maximum atomic E-state index is 13.1. The monoisotopic (exact) mass is 461 g/mol. The lowest BCUT2D eigenvalue weighted by atomic mass is 10.0. The zero-order chi connectivity index (χ0) is 23.9. The van der Waals surface area contributed by atoms with Crippen molar-refractivity contribution < 1.29 is 9.18 Å². The van der Waals surface area contributed by atoms with Crippen LogP contribution in [0.25, 0.3) is 0 Å². The molecule has 1 fully saturated rings. The van der Waals surface area contributed by atoms with Gasteiger partial charge >= 0.3 is 6.03 Å². The summed E-state index contributed by atoms with van der Waals surface area (Å²) in [7, 11) is 4.05. The van der Waals surface area contributed by atoms with Gasteiger partial charge in [-0.25, -0.2) is 9.18 Å². The predicted octanol–water partition coefficient (Wildman–Crippen LogP) is 4.58. The first-order valence-corrected chi connectivity index (χ1v) is 11.6. The van der Waals surface area contributed by atoms with E-state index in [0.29, 0.717) is 12.2 Å². The first kappa shape index (κ1) is 23.6. The molecule has 1 atom stereocenters. The standard InChI is InChI=1S/C27H32FN5O/c1-31(2)24-14-8-21(9-15-24)26(20-29-27(34)30-23-12-10-22(28)11-13-23)33-18-16-32(17-19-33)25-6-4-3-5-7-25/h3-15,26H,16-20H2,1-2H3,(H2,29,30,34). The molecule has 0 radical (unpaired) electrons. The molecule has 1 unspecified atom stereocenters. The molecule has 1 saturated heterocycles. The molecule has 0 aromatic heterocycles. The highest BCUT2D eigenvalue weighted by Crippen LogP contribution is 2.26. The van der Waals surface area contributed by atoms with Gasteiger partial charge in [0.25, 0.3) is 0 Å². The van der Waals surface area contributed by atoms with Crippen molar-refractivity contribution in [2.45, 2.75) is 6.04 Å². The van der Waals surface area contributed by atoms with Crippen molar-refractivity contribution in [2.75, 3.05) is 61.9 Å². The third kappa shape index (κ3) is 6.05. The Hall–Kier alpha value is -3.58. The van der Waals surface area contributed by atoms with Gasteiger partial charge in [0.05, 0.1) is 6.04 Å². The first-order chi connectivity index (χ1) is 16.5. The number of rotatable bonds is 7. The fourth-order valence-corrected chi connectivity index (χ4v) is 4.28. The molecule has 2 N–H and O–H groups in total. The lowest BCUT2D eigenvalue weighted by molar-refractivity contribution is 0.182. The van der Waals surface area contributed by atoms with E-state index in [0.717, 1.165) is 31.9 Å². The van der Waals surface area contributed by atoms with E-state index in [2.05, 4.69) is 73.9 Å². The summed E-state index contributed by atoms with van der Waals surface area (Å²) in [4.78, 5) is 19.5. The van der Waals surface area contributed by atoms with Crippen LogP contribution in [-0.4, -0.2) is 57.8 Å². The average molecular weight is 462 g/mol. The number of urea groups is 1. The zero-order valence-electron chi connectivity index (χ0n) is 19.7. The third-order valence-corrected chi connectivity index (χ3v) is 6.23. The number of anilines is 3. The minimum Gasteiger partial charge on any atom is -0.378 e. The Balaban J connectivity index is 1.43. The second kappa shape index (κ2) is 11.0. The second-order valence-electron chi connectivity index (χ2n) is 8.70. The van der Waals surface area contributed by atoms with Crippen molar-refractivity contribution in [3.8, 4) is 0 Å². The highest BCUT2D eigenvalue weighted by Gasteiger charge is 2.26. The minimum atomic E-state index is -0.332. The number of carbonyl (C=O) groups excluding carboxylic acids is 1. The van der Waals surface area contributed by atoms with Gasteiger partial charge < -0.3 is 20.4 Å². The van der Waals surface area contributed by atoms with E-state index in [4.69, 9.17) is 0 Å². The summed E-state index contributed by atoms with van der Waals surface area (Å²) in [5.41, 5.74) is 4.10. The number of piperazine rings is 1. The second-order valence-corrected chi connectivity index (χ2v) is 8.70. The maximum Gasteiger partial charge on any atom is 0.319 e. The van der Waals surface area contributed by atoms with Crippen molar-refractivity contribution in [1.29, 1.82) is 0 Å². The molecule has 0 bridgehead atoms. The Kier molecular flexibility index (Phi) is 7.65. The summed E-state index contributed by atoms with van der Waals surface area (Å²) in [6.07, 6.45) is 0. The molecule has 0 spiro atoms. The third-order valence-electron chi connectivity index (χ3n) is 6.23. The van der Waals surface area contributed by atoms with E-state index >= 15 is 0 Å². The van der Waals surface area contributed by atoms with Gasteiger partial charge in [-0.15, -0.1) is 0 Å².